The number of carbonyl (C=O) groups excluding carboxylic acids is 1. The molecule has 3 N–H and O–H groups in total. The van der Waals surface area contributed by atoms with Crippen LogP contribution in [0.5, 0.6) is 0 Å². The normalized spacial score (nSPS) is 12.1. The Morgan fingerprint density at radius 3 is 1.57 bits per heavy atom. The van der Waals surface area contributed by atoms with Crippen molar-refractivity contribution >= 4 is 11.9 Å². The van der Waals surface area contributed by atoms with Crippen molar-refractivity contribution in [1.82, 2.24) is 5.32 Å². The highest BCUT2D eigenvalue weighted by Gasteiger charge is 2.15. The third-order valence-corrected chi connectivity index (χ3v) is 4.04. The first-order valence-electron chi connectivity index (χ1n) is 9.28. The standard InChI is InChI=1S/C18H35NO4/c1-2-3-4-5-6-7-8-9-10-11-12-13-14-15-16(20)19-17(21)18(22)23/h17,21H,2-15H2,1H3,(H,19,20)(H,22,23)/t17-/m0/s1. The van der Waals surface area contributed by atoms with E-state index in [0.29, 0.717) is 0 Å². The number of amides is 1. The van der Waals surface area contributed by atoms with Gasteiger partial charge >= 0.3 is 5.97 Å². The second kappa shape index (κ2) is 15.8. The summed E-state index contributed by atoms with van der Waals surface area (Å²) in [6, 6.07) is 0. The SMILES string of the molecule is CCCCCCCCCCCCCCCC(=O)N[C@@H](O)C(=O)O. The molecule has 5 nitrogen and oxygen atoms in total. The number of rotatable bonds is 16. The van der Waals surface area contributed by atoms with E-state index in [2.05, 4.69) is 6.92 Å². The average molecular weight is 329 g/mol. The Bertz CT molecular complexity index is 307. The molecule has 0 bridgehead atoms. The topological polar surface area (TPSA) is 86.6 Å². The molecule has 0 aromatic heterocycles. The van der Waals surface area contributed by atoms with E-state index >= 15 is 0 Å². The van der Waals surface area contributed by atoms with Crippen LogP contribution in [0.3, 0.4) is 0 Å². The molecule has 1 atom stereocenters. The van der Waals surface area contributed by atoms with Gasteiger partial charge in [-0.15, -0.1) is 0 Å². The van der Waals surface area contributed by atoms with Crippen LogP contribution in [0.25, 0.3) is 0 Å². The van der Waals surface area contributed by atoms with Gasteiger partial charge in [0.15, 0.2) is 0 Å². The van der Waals surface area contributed by atoms with Crippen molar-refractivity contribution in [2.24, 2.45) is 0 Å². The van der Waals surface area contributed by atoms with E-state index in [1.807, 2.05) is 5.32 Å². The summed E-state index contributed by atoms with van der Waals surface area (Å²) >= 11 is 0. The molecule has 0 spiro atoms. The minimum absolute atomic E-state index is 0.280. The van der Waals surface area contributed by atoms with Crippen LogP contribution in [0.4, 0.5) is 0 Å². The van der Waals surface area contributed by atoms with Crippen LogP contribution in [0.15, 0.2) is 0 Å². The molecular formula is C18H35NO4. The predicted octanol–water partition coefficient (Wildman–Crippen LogP) is 3.99. The van der Waals surface area contributed by atoms with Crippen LogP contribution in [0, 0.1) is 0 Å². The molecule has 136 valence electrons. The van der Waals surface area contributed by atoms with E-state index in [-0.39, 0.29) is 6.42 Å². The number of nitrogens with one attached hydrogen (secondary N) is 1. The molecule has 0 saturated carbocycles. The molecule has 0 aromatic carbocycles. The number of aliphatic hydroxyl groups is 1. The van der Waals surface area contributed by atoms with Crippen molar-refractivity contribution in [3.63, 3.8) is 0 Å². The second-order valence-electron chi connectivity index (χ2n) is 6.30. The smallest absolute Gasteiger partial charge is 0.353 e. The fourth-order valence-corrected chi connectivity index (χ4v) is 2.59. The molecule has 0 aliphatic carbocycles. The van der Waals surface area contributed by atoms with E-state index in [0.717, 1.165) is 19.3 Å². The van der Waals surface area contributed by atoms with E-state index in [9.17, 15) is 9.59 Å². The zero-order valence-electron chi connectivity index (χ0n) is 14.7. The summed E-state index contributed by atoms with van der Waals surface area (Å²) in [4.78, 5) is 21.7. The first-order valence-corrected chi connectivity index (χ1v) is 9.28. The zero-order valence-corrected chi connectivity index (χ0v) is 14.7. The summed E-state index contributed by atoms with van der Waals surface area (Å²) < 4.78 is 0. The first-order chi connectivity index (χ1) is 11.1. The van der Waals surface area contributed by atoms with Crippen molar-refractivity contribution in [3.05, 3.63) is 0 Å². The van der Waals surface area contributed by atoms with Crippen molar-refractivity contribution in [2.75, 3.05) is 0 Å². The molecule has 0 rings (SSSR count). The maximum Gasteiger partial charge on any atom is 0.353 e. The van der Waals surface area contributed by atoms with Crippen LogP contribution in [0.1, 0.15) is 96.8 Å². The van der Waals surface area contributed by atoms with E-state index in [4.69, 9.17) is 10.2 Å². The lowest BCUT2D eigenvalue weighted by molar-refractivity contribution is -0.151. The number of aliphatic hydroxyl groups excluding tert-OH is 1. The van der Waals surface area contributed by atoms with Gasteiger partial charge in [-0.05, 0) is 6.42 Å². The largest absolute Gasteiger partial charge is 0.478 e. The van der Waals surface area contributed by atoms with Gasteiger partial charge in [0, 0.05) is 6.42 Å². The van der Waals surface area contributed by atoms with Gasteiger partial charge in [0.1, 0.15) is 0 Å². The van der Waals surface area contributed by atoms with E-state index < -0.39 is 18.1 Å². The van der Waals surface area contributed by atoms with Crippen LogP contribution in [-0.2, 0) is 9.59 Å². The average Bonchev–Trinajstić information content (AvgIpc) is 2.51. The Balaban J connectivity index is 3.21. The molecule has 0 aromatic rings. The molecule has 0 unspecified atom stereocenters. The minimum Gasteiger partial charge on any atom is -0.478 e. The van der Waals surface area contributed by atoms with E-state index in [1.54, 1.807) is 0 Å². The Hall–Kier alpha value is -1.10. The Labute approximate surface area is 140 Å². The van der Waals surface area contributed by atoms with Gasteiger partial charge in [-0.1, -0.05) is 84.0 Å². The molecule has 0 radical (unpaired) electrons. The van der Waals surface area contributed by atoms with Gasteiger partial charge in [-0.25, -0.2) is 4.79 Å². The summed E-state index contributed by atoms with van der Waals surface area (Å²) in [5.41, 5.74) is 0. The van der Waals surface area contributed by atoms with Crippen molar-refractivity contribution in [3.8, 4) is 0 Å². The van der Waals surface area contributed by atoms with Crippen molar-refractivity contribution < 1.29 is 19.8 Å². The number of carboxylic acid groups (broad SMARTS) is 1. The summed E-state index contributed by atoms with van der Waals surface area (Å²) in [5.74, 6) is -1.83. The summed E-state index contributed by atoms with van der Waals surface area (Å²) in [6.07, 6.45) is 14.6. The highest BCUT2D eigenvalue weighted by atomic mass is 16.4. The van der Waals surface area contributed by atoms with Crippen molar-refractivity contribution in [2.45, 2.75) is 103 Å². The van der Waals surface area contributed by atoms with Gasteiger partial charge in [0.2, 0.25) is 12.1 Å². The molecule has 5 heteroatoms. The summed E-state index contributed by atoms with van der Waals surface area (Å²) in [6.45, 7) is 2.24. The Kier molecular flexibility index (Phi) is 15.0. The molecule has 0 fully saturated rings. The predicted molar refractivity (Wildman–Crippen MR) is 92.1 cm³/mol. The fraction of sp³-hybridized carbons (Fsp3) is 0.889. The van der Waals surface area contributed by atoms with Gasteiger partial charge in [0.05, 0.1) is 0 Å². The molecule has 0 saturated heterocycles. The maximum atomic E-state index is 11.3. The first kappa shape index (κ1) is 21.9. The van der Waals surface area contributed by atoms with E-state index in [1.165, 1.54) is 64.2 Å². The number of hydrogen-bond donors (Lipinski definition) is 3. The monoisotopic (exact) mass is 329 g/mol. The molecular weight excluding hydrogens is 294 g/mol. The second-order valence-corrected chi connectivity index (χ2v) is 6.30. The number of carboxylic acids is 1. The van der Waals surface area contributed by atoms with Crippen LogP contribution >= 0.6 is 0 Å². The Morgan fingerprint density at radius 2 is 1.17 bits per heavy atom. The highest BCUT2D eigenvalue weighted by molar-refractivity contribution is 5.82. The van der Waals surface area contributed by atoms with Crippen molar-refractivity contribution in [1.29, 1.82) is 0 Å². The maximum absolute atomic E-state index is 11.3. The highest BCUT2D eigenvalue weighted by Crippen LogP contribution is 2.12. The van der Waals surface area contributed by atoms with Crippen LogP contribution < -0.4 is 5.32 Å². The Morgan fingerprint density at radius 1 is 0.783 bits per heavy atom. The molecule has 0 aliphatic heterocycles. The van der Waals surface area contributed by atoms with Crippen LogP contribution in [-0.4, -0.2) is 28.3 Å². The number of aliphatic carboxylic acids is 1. The summed E-state index contributed by atoms with van der Waals surface area (Å²) in [5, 5.41) is 19.5. The number of hydrogen-bond acceptors (Lipinski definition) is 3. The number of unbranched alkanes of at least 4 members (excludes halogenated alkanes) is 12. The molecule has 0 heterocycles. The van der Waals surface area contributed by atoms with Gasteiger partial charge < -0.3 is 15.5 Å². The fourth-order valence-electron chi connectivity index (χ4n) is 2.59. The lowest BCUT2D eigenvalue weighted by atomic mass is 10.0. The minimum atomic E-state index is -1.79. The summed E-state index contributed by atoms with van der Waals surface area (Å²) in [7, 11) is 0. The molecule has 23 heavy (non-hydrogen) atoms. The van der Waals surface area contributed by atoms with Crippen LogP contribution in [0.2, 0.25) is 0 Å². The zero-order chi connectivity index (χ0) is 17.3. The van der Waals surface area contributed by atoms with Gasteiger partial charge in [0.25, 0.3) is 0 Å². The van der Waals surface area contributed by atoms with Gasteiger partial charge in [-0.2, -0.15) is 0 Å². The third-order valence-electron chi connectivity index (χ3n) is 4.04. The van der Waals surface area contributed by atoms with Gasteiger partial charge in [-0.3, -0.25) is 4.79 Å². The lowest BCUT2D eigenvalue weighted by Crippen LogP contribution is -2.40. The third kappa shape index (κ3) is 15.6. The molecule has 0 aliphatic rings. The molecule has 1 amide bonds. The lowest BCUT2D eigenvalue weighted by Gasteiger charge is -2.08. The number of carbonyl (C=O) groups is 2. The quantitative estimate of drug-likeness (QED) is 0.295.